The van der Waals surface area contributed by atoms with E-state index in [9.17, 15) is 15.0 Å². The molecule has 1 atom stereocenters. The van der Waals surface area contributed by atoms with Gasteiger partial charge in [-0.2, -0.15) is 5.10 Å². The first-order chi connectivity index (χ1) is 13.9. The molecule has 3 rings (SSSR count). The molecule has 0 fully saturated rings. The summed E-state index contributed by atoms with van der Waals surface area (Å²) in [4.78, 5) is 16.8. The minimum Gasteiger partial charge on any atom is -0.508 e. The summed E-state index contributed by atoms with van der Waals surface area (Å²) >= 11 is 0. The van der Waals surface area contributed by atoms with Crippen LogP contribution in [0.25, 0.3) is 10.9 Å². The van der Waals surface area contributed by atoms with Crippen LogP contribution in [0.4, 0.5) is 5.69 Å². The van der Waals surface area contributed by atoms with Gasteiger partial charge in [-0.1, -0.05) is 19.1 Å². The fraction of sp³-hybridized carbons (Fsp3) is 0.227. The first-order valence-electron chi connectivity index (χ1n) is 9.40. The summed E-state index contributed by atoms with van der Waals surface area (Å²) in [6.07, 6.45) is 2.22. The summed E-state index contributed by atoms with van der Waals surface area (Å²) < 4.78 is 0. The summed E-state index contributed by atoms with van der Waals surface area (Å²) in [5, 5.41) is 28.3. The van der Waals surface area contributed by atoms with Crippen LogP contribution in [-0.4, -0.2) is 32.9 Å². The van der Waals surface area contributed by atoms with Crippen LogP contribution < -0.4 is 10.7 Å². The number of carbonyl (C=O) groups is 1. The summed E-state index contributed by atoms with van der Waals surface area (Å²) in [6.45, 7) is 5.22. The SMILES string of the molecule is CC/C(=N\NC(=O)[C@@H](C)Nc1ccc2cccnc2c1)c1ccc(O)c(C)c1O. The molecule has 0 unspecified atom stereocenters. The first kappa shape index (κ1) is 20.1. The number of carbonyl (C=O) groups excluding carboxylic acids is 1. The molecule has 0 aliphatic carbocycles. The molecule has 3 aromatic rings. The fourth-order valence-electron chi connectivity index (χ4n) is 2.94. The molecule has 1 aromatic heterocycles. The fourth-order valence-corrected chi connectivity index (χ4v) is 2.94. The van der Waals surface area contributed by atoms with Crippen molar-refractivity contribution in [2.45, 2.75) is 33.2 Å². The molecule has 2 aromatic carbocycles. The molecular weight excluding hydrogens is 368 g/mol. The number of benzene rings is 2. The Morgan fingerprint density at radius 3 is 2.76 bits per heavy atom. The van der Waals surface area contributed by atoms with Gasteiger partial charge in [0.25, 0.3) is 5.91 Å². The largest absolute Gasteiger partial charge is 0.508 e. The number of hydrogen-bond donors (Lipinski definition) is 4. The first-order valence-corrected chi connectivity index (χ1v) is 9.40. The predicted molar refractivity (Wildman–Crippen MR) is 114 cm³/mol. The minimum atomic E-state index is -0.534. The predicted octanol–water partition coefficient (Wildman–Crippen LogP) is 3.69. The van der Waals surface area contributed by atoms with Crippen molar-refractivity contribution in [1.82, 2.24) is 10.4 Å². The van der Waals surface area contributed by atoms with Gasteiger partial charge in [0.15, 0.2) is 0 Å². The molecule has 0 radical (unpaired) electrons. The maximum atomic E-state index is 12.5. The molecule has 0 spiro atoms. The zero-order valence-electron chi connectivity index (χ0n) is 16.6. The van der Waals surface area contributed by atoms with E-state index in [0.717, 1.165) is 16.6 Å². The van der Waals surface area contributed by atoms with E-state index in [1.807, 2.05) is 37.3 Å². The molecule has 0 aliphatic rings. The lowest BCUT2D eigenvalue weighted by Crippen LogP contribution is -2.35. The summed E-state index contributed by atoms with van der Waals surface area (Å²) in [7, 11) is 0. The van der Waals surface area contributed by atoms with E-state index in [4.69, 9.17) is 0 Å². The third-order valence-corrected chi connectivity index (χ3v) is 4.73. The summed E-state index contributed by atoms with van der Waals surface area (Å²) in [6, 6.07) is 12.1. The second-order valence-electron chi connectivity index (χ2n) is 6.77. The van der Waals surface area contributed by atoms with Crippen molar-refractivity contribution in [3.8, 4) is 11.5 Å². The van der Waals surface area contributed by atoms with E-state index in [1.165, 1.54) is 6.07 Å². The van der Waals surface area contributed by atoms with E-state index >= 15 is 0 Å². The number of nitrogens with one attached hydrogen (secondary N) is 2. The molecule has 1 heterocycles. The number of hydrogen-bond acceptors (Lipinski definition) is 6. The zero-order chi connectivity index (χ0) is 21.0. The topological polar surface area (TPSA) is 107 Å². The Kier molecular flexibility index (Phi) is 5.97. The lowest BCUT2D eigenvalue weighted by molar-refractivity contribution is -0.121. The Hall–Kier alpha value is -3.61. The van der Waals surface area contributed by atoms with Crippen LogP contribution in [0.15, 0.2) is 53.8 Å². The van der Waals surface area contributed by atoms with Crippen molar-refractivity contribution >= 4 is 28.2 Å². The van der Waals surface area contributed by atoms with Crippen LogP contribution in [0, 0.1) is 6.92 Å². The van der Waals surface area contributed by atoms with Gasteiger partial charge in [0.1, 0.15) is 17.5 Å². The van der Waals surface area contributed by atoms with Crippen molar-refractivity contribution in [1.29, 1.82) is 0 Å². The Morgan fingerprint density at radius 1 is 1.21 bits per heavy atom. The highest BCUT2D eigenvalue weighted by Crippen LogP contribution is 2.30. The molecule has 7 heteroatoms. The molecule has 7 nitrogen and oxygen atoms in total. The van der Waals surface area contributed by atoms with Crippen LogP contribution in [-0.2, 0) is 4.79 Å². The molecule has 1 amide bonds. The van der Waals surface area contributed by atoms with E-state index in [0.29, 0.717) is 23.3 Å². The highest BCUT2D eigenvalue weighted by atomic mass is 16.3. The number of fused-ring (bicyclic) bond motifs is 1. The molecule has 4 N–H and O–H groups in total. The highest BCUT2D eigenvalue weighted by molar-refractivity contribution is 6.03. The molecule has 29 heavy (non-hydrogen) atoms. The average Bonchev–Trinajstić information content (AvgIpc) is 2.73. The second kappa shape index (κ2) is 8.60. The number of phenols is 2. The van der Waals surface area contributed by atoms with Crippen molar-refractivity contribution < 1.29 is 15.0 Å². The molecule has 150 valence electrons. The minimum absolute atomic E-state index is 0.00781. The number of phenolic OH excluding ortho intramolecular Hbond substituents is 2. The lowest BCUT2D eigenvalue weighted by atomic mass is 10.0. The Morgan fingerprint density at radius 2 is 2.00 bits per heavy atom. The number of pyridine rings is 1. The van der Waals surface area contributed by atoms with E-state index < -0.39 is 6.04 Å². The summed E-state index contributed by atoms with van der Waals surface area (Å²) in [5.41, 5.74) is 5.53. The number of anilines is 1. The van der Waals surface area contributed by atoms with Gasteiger partial charge >= 0.3 is 0 Å². The van der Waals surface area contributed by atoms with E-state index in [1.54, 1.807) is 26.1 Å². The lowest BCUT2D eigenvalue weighted by Gasteiger charge is -2.15. The maximum absolute atomic E-state index is 12.5. The Bertz CT molecular complexity index is 1080. The van der Waals surface area contributed by atoms with Crippen LogP contribution >= 0.6 is 0 Å². The Balaban J connectivity index is 1.71. The molecule has 0 bridgehead atoms. The van der Waals surface area contributed by atoms with Gasteiger partial charge in [-0.15, -0.1) is 0 Å². The summed E-state index contributed by atoms with van der Waals surface area (Å²) in [5.74, 6) is -0.352. The van der Waals surface area contributed by atoms with Crippen molar-refractivity contribution in [2.75, 3.05) is 5.32 Å². The van der Waals surface area contributed by atoms with Gasteiger partial charge < -0.3 is 15.5 Å². The van der Waals surface area contributed by atoms with Crippen molar-refractivity contribution in [2.24, 2.45) is 5.10 Å². The maximum Gasteiger partial charge on any atom is 0.262 e. The normalized spacial score (nSPS) is 12.6. The Labute approximate surface area is 169 Å². The van der Waals surface area contributed by atoms with Gasteiger partial charge in [-0.05, 0) is 50.6 Å². The zero-order valence-corrected chi connectivity index (χ0v) is 16.6. The number of nitrogens with zero attached hydrogens (tertiary/aromatic N) is 2. The second-order valence-corrected chi connectivity index (χ2v) is 6.77. The average molecular weight is 392 g/mol. The van der Waals surface area contributed by atoms with Crippen molar-refractivity contribution in [3.05, 3.63) is 59.8 Å². The number of rotatable bonds is 6. The van der Waals surface area contributed by atoms with Gasteiger partial charge in [-0.25, -0.2) is 5.43 Å². The van der Waals surface area contributed by atoms with E-state index in [2.05, 4.69) is 20.8 Å². The van der Waals surface area contributed by atoms with Gasteiger partial charge in [0.05, 0.1) is 11.2 Å². The highest BCUT2D eigenvalue weighted by Gasteiger charge is 2.15. The van der Waals surface area contributed by atoms with Gasteiger partial charge in [0.2, 0.25) is 0 Å². The number of aromatic nitrogens is 1. The number of amides is 1. The third kappa shape index (κ3) is 4.45. The quantitative estimate of drug-likeness (QED) is 0.378. The smallest absolute Gasteiger partial charge is 0.262 e. The molecule has 0 saturated carbocycles. The number of aromatic hydroxyl groups is 2. The van der Waals surface area contributed by atoms with Crippen LogP contribution in [0.2, 0.25) is 0 Å². The van der Waals surface area contributed by atoms with E-state index in [-0.39, 0.29) is 17.4 Å². The molecule has 0 saturated heterocycles. The van der Waals surface area contributed by atoms with Gasteiger partial charge in [0, 0.05) is 28.4 Å². The van der Waals surface area contributed by atoms with Crippen molar-refractivity contribution in [3.63, 3.8) is 0 Å². The van der Waals surface area contributed by atoms with Crippen LogP contribution in [0.5, 0.6) is 11.5 Å². The third-order valence-electron chi connectivity index (χ3n) is 4.73. The molecular formula is C22H24N4O3. The van der Waals surface area contributed by atoms with Gasteiger partial charge in [-0.3, -0.25) is 9.78 Å². The van der Waals surface area contributed by atoms with Crippen LogP contribution in [0.3, 0.4) is 0 Å². The monoisotopic (exact) mass is 392 g/mol. The standard InChI is InChI=1S/C22H24N4O3/c1-4-18(17-9-10-20(27)13(2)21(17)28)25-26-22(29)14(3)24-16-8-7-15-6-5-11-23-19(15)12-16/h5-12,14,24,27-28H,4H2,1-3H3,(H,26,29)/b25-18+/t14-/m1/s1. The molecule has 0 aliphatic heterocycles. The van der Waals surface area contributed by atoms with Crippen LogP contribution in [0.1, 0.15) is 31.4 Å². The number of hydrazone groups is 1.